The summed E-state index contributed by atoms with van der Waals surface area (Å²) in [5.74, 6) is 1.15. The molecule has 1 aliphatic heterocycles. The number of nitrogens with zero attached hydrogens (tertiary/aromatic N) is 2. The van der Waals surface area contributed by atoms with Gasteiger partial charge in [0.25, 0.3) is 11.5 Å². The fourth-order valence-corrected chi connectivity index (χ4v) is 3.82. The molecule has 0 unspecified atom stereocenters. The van der Waals surface area contributed by atoms with Crippen molar-refractivity contribution >= 4 is 29.1 Å². The molecule has 0 saturated heterocycles. The van der Waals surface area contributed by atoms with Gasteiger partial charge >= 0.3 is 0 Å². The Kier molecular flexibility index (Phi) is 5.79. The van der Waals surface area contributed by atoms with Gasteiger partial charge in [-0.1, -0.05) is 35.3 Å². The predicted molar refractivity (Wildman–Crippen MR) is 116 cm³/mol. The molecule has 1 N–H and O–H groups in total. The smallest absolute Gasteiger partial charge is 0.256 e. The van der Waals surface area contributed by atoms with Gasteiger partial charge in [-0.3, -0.25) is 9.59 Å². The van der Waals surface area contributed by atoms with Crippen molar-refractivity contribution < 1.29 is 9.53 Å². The molecule has 1 aromatic heterocycles. The number of ether oxygens (including phenoxy) is 1. The van der Waals surface area contributed by atoms with Crippen molar-refractivity contribution in [1.29, 1.82) is 0 Å². The largest absolute Gasteiger partial charge is 0.497 e. The maximum atomic E-state index is 12.8. The number of nitrogens with one attached hydrogen (secondary N) is 1. The van der Waals surface area contributed by atoms with Gasteiger partial charge in [0.2, 0.25) is 0 Å². The molecular formula is C22H19Cl2N3O3. The number of hydrogen-bond acceptors (Lipinski definition) is 4. The van der Waals surface area contributed by atoms with Crippen molar-refractivity contribution in [3.8, 4) is 5.75 Å². The molecule has 0 spiro atoms. The third-order valence-corrected chi connectivity index (χ3v) is 5.82. The van der Waals surface area contributed by atoms with Crippen molar-refractivity contribution in [3.05, 3.63) is 91.1 Å². The number of carbonyl (C=O) groups is 1. The highest BCUT2D eigenvalue weighted by atomic mass is 35.5. The number of hydrogen-bond donors (Lipinski definition) is 1. The fraction of sp³-hybridized carbons (Fsp3) is 0.227. The number of fused-ring (bicyclic) bond motifs is 1. The number of halogens is 2. The Morgan fingerprint density at radius 3 is 2.80 bits per heavy atom. The molecule has 0 atom stereocenters. The van der Waals surface area contributed by atoms with E-state index >= 15 is 0 Å². The van der Waals surface area contributed by atoms with Crippen LogP contribution in [0.5, 0.6) is 5.75 Å². The van der Waals surface area contributed by atoms with Gasteiger partial charge < -0.3 is 14.6 Å². The van der Waals surface area contributed by atoms with Crippen LogP contribution >= 0.6 is 23.2 Å². The molecular weight excluding hydrogens is 425 g/mol. The molecule has 3 aromatic rings. The minimum Gasteiger partial charge on any atom is -0.497 e. The number of aromatic amines is 1. The molecule has 1 amide bonds. The first-order chi connectivity index (χ1) is 14.4. The number of methoxy groups -OCH3 is 1. The molecule has 1 aliphatic rings. The monoisotopic (exact) mass is 443 g/mol. The molecule has 0 bridgehead atoms. The summed E-state index contributed by atoms with van der Waals surface area (Å²) < 4.78 is 5.25. The van der Waals surface area contributed by atoms with E-state index in [1.807, 2.05) is 24.3 Å². The van der Waals surface area contributed by atoms with E-state index in [2.05, 4.69) is 9.97 Å². The minimum absolute atomic E-state index is 0.195. The molecule has 8 heteroatoms. The van der Waals surface area contributed by atoms with Crippen LogP contribution in [-0.2, 0) is 19.4 Å². The number of carbonyl (C=O) groups excluding carboxylic acids is 1. The van der Waals surface area contributed by atoms with Gasteiger partial charge in [-0.2, -0.15) is 0 Å². The second kappa shape index (κ2) is 8.50. The van der Waals surface area contributed by atoms with E-state index < -0.39 is 0 Å². The third kappa shape index (κ3) is 4.20. The normalized spacial score (nSPS) is 13.1. The van der Waals surface area contributed by atoms with E-state index in [1.165, 1.54) is 0 Å². The van der Waals surface area contributed by atoms with Crippen molar-refractivity contribution in [1.82, 2.24) is 14.9 Å². The van der Waals surface area contributed by atoms with Crippen molar-refractivity contribution in [3.63, 3.8) is 0 Å². The average molecular weight is 444 g/mol. The molecule has 2 aromatic carbocycles. The summed E-state index contributed by atoms with van der Waals surface area (Å²) in [4.78, 5) is 34.7. The molecule has 0 fully saturated rings. The highest BCUT2D eigenvalue weighted by Gasteiger charge is 2.25. The van der Waals surface area contributed by atoms with Crippen molar-refractivity contribution in [2.24, 2.45) is 0 Å². The van der Waals surface area contributed by atoms with Crippen LogP contribution in [0.4, 0.5) is 0 Å². The highest BCUT2D eigenvalue weighted by molar-refractivity contribution is 6.42. The molecule has 0 aliphatic carbocycles. The molecule has 30 heavy (non-hydrogen) atoms. The highest BCUT2D eigenvalue weighted by Crippen LogP contribution is 2.24. The Morgan fingerprint density at radius 2 is 2.03 bits per heavy atom. The topological polar surface area (TPSA) is 75.3 Å². The molecule has 6 nitrogen and oxygen atoms in total. The lowest BCUT2D eigenvalue weighted by Crippen LogP contribution is -2.39. The van der Waals surface area contributed by atoms with Crippen molar-refractivity contribution in [2.45, 2.75) is 19.4 Å². The van der Waals surface area contributed by atoms with Gasteiger partial charge in [-0.25, -0.2) is 4.98 Å². The maximum absolute atomic E-state index is 12.8. The second-order valence-corrected chi connectivity index (χ2v) is 7.89. The van der Waals surface area contributed by atoms with Crippen LogP contribution in [0.3, 0.4) is 0 Å². The third-order valence-electron chi connectivity index (χ3n) is 5.08. The first kappa shape index (κ1) is 20.4. The first-order valence-corrected chi connectivity index (χ1v) is 10.2. The second-order valence-electron chi connectivity index (χ2n) is 7.07. The van der Waals surface area contributed by atoms with Gasteiger partial charge in [-0.05, 0) is 35.9 Å². The zero-order valence-corrected chi connectivity index (χ0v) is 17.8. The standard InChI is InChI=1S/C22H19Cl2N3O3/c1-30-15-4-2-3-13(9-15)10-20-25-19-7-8-27(12-16(19)21(28)26-20)22(29)14-5-6-17(23)18(24)11-14/h2-6,9,11H,7-8,10,12H2,1H3,(H,25,26,28). The van der Waals surface area contributed by atoms with E-state index in [0.717, 1.165) is 17.0 Å². The lowest BCUT2D eigenvalue weighted by atomic mass is 10.0. The lowest BCUT2D eigenvalue weighted by Gasteiger charge is -2.28. The number of H-pyrrole nitrogens is 1. The van der Waals surface area contributed by atoms with E-state index in [-0.39, 0.29) is 18.0 Å². The van der Waals surface area contributed by atoms with E-state index in [0.29, 0.717) is 46.4 Å². The summed E-state index contributed by atoms with van der Waals surface area (Å²) in [5.41, 5.74) is 2.46. The summed E-state index contributed by atoms with van der Waals surface area (Å²) >= 11 is 12.0. The molecule has 4 rings (SSSR count). The summed E-state index contributed by atoms with van der Waals surface area (Å²) in [6.45, 7) is 0.678. The van der Waals surface area contributed by atoms with Gasteiger partial charge in [0.05, 0.1) is 35.0 Å². The number of aromatic nitrogens is 2. The van der Waals surface area contributed by atoms with Crippen LogP contribution in [-0.4, -0.2) is 34.4 Å². The Hall–Kier alpha value is -2.83. The van der Waals surface area contributed by atoms with E-state index in [9.17, 15) is 9.59 Å². The van der Waals surface area contributed by atoms with Crippen molar-refractivity contribution in [2.75, 3.05) is 13.7 Å². The maximum Gasteiger partial charge on any atom is 0.256 e. The Balaban J connectivity index is 1.55. The average Bonchev–Trinajstić information content (AvgIpc) is 2.75. The van der Waals surface area contributed by atoms with Gasteiger partial charge in [-0.15, -0.1) is 0 Å². The van der Waals surface area contributed by atoms with Crippen LogP contribution in [0.15, 0.2) is 47.3 Å². The molecule has 154 valence electrons. The summed E-state index contributed by atoms with van der Waals surface area (Å²) in [6, 6.07) is 12.4. The number of amides is 1. The van der Waals surface area contributed by atoms with Crippen LogP contribution in [0.1, 0.15) is 33.0 Å². The minimum atomic E-state index is -0.218. The van der Waals surface area contributed by atoms with E-state index in [1.54, 1.807) is 30.2 Å². The Bertz CT molecular complexity index is 1180. The van der Waals surface area contributed by atoms with Gasteiger partial charge in [0.15, 0.2) is 0 Å². The summed E-state index contributed by atoms with van der Waals surface area (Å²) in [7, 11) is 1.61. The summed E-state index contributed by atoms with van der Waals surface area (Å²) in [5, 5.41) is 0.711. The van der Waals surface area contributed by atoms with Crippen LogP contribution in [0.2, 0.25) is 10.0 Å². The lowest BCUT2D eigenvalue weighted by molar-refractivity contribution is 0.0732. The van der Waals surface area contributed by atoms with Gasteiger partial charge in [0, 0.05) is 24.9 Å². The zero-order valence-electron chi connectivity index (χ0n) is 16.2. The summed E-state index contributed by atoms with van der Waals surface area (Å²) in [6.07, 6.45) is 1.00. The molecule has 0 radical (unpaired) electrons. The number of benzene rings is 2. The van der Waals surface area contributed by atoms with Crippen LogP contribution in [0.25, 0.3) is 0 Å². The van der Waals surface area contributed by atoms with Gasteiger partial charge in [0.1, 0.15) is 11.6 Å². The SMILES string of the molecule is COc1cccc(Cc2nc3c(c(=O)[nH]2)CN(C(=O)c2ccc(Cl)c(Cl)c2)CC3)c1. The first-order valence-electron chi connectivity index (χ1n) is 9.43. The predicted octanol–water partition coefficient (Wildman–Crippen LogP) is 3.87. The quantitative estimate of drug-likeness (QED) is 0.663. The van der Waals surface area contributed by atoms with E-state index in [4.69, 9.17) is 27.9 Å². The zero-order chi connectivity index (χ0) is 21.3. The molecule has 2 heterocycles. The Labute approximate surface area is 183 Å². The number of rotatable bonds is 4. The fourth-order valence-electron chi connectivity index (χ4n) is 3.52. The Morgan fingerprint density at radius 1 is 1.20 bits per heavy atom. The van der Waals surface area contributed by atoms with Crippen LogP contribution in [0, 0.1) is 0 Å². The molecule has 0 saturated carbocycles. The van der Waals surface area contributed by atoms with Crippen LogP contribution < -0.4 is 10.3 Å².